The van der Waals surface area contributed by atoms with Crippen LogP contribution in [0.5, 0.6) is 5.75 Å². The van der Waals surface area contributed by atoms with E-state index < -0.39 is 11.9 Å². The molecule has 1 atom stereocenters. The molecule has 0 spiro atoms. The normalized spacial score (nSPS) is 18.4. The number of hydrogen-bond donors (Lipinski definition) is 1. The molecule has 0 saturated carbocycles. The lowest BCUT2D eigenvalue weighted by molar-refractivity contribution is -0.138. The lowest BCUT2D eigenvalue weighted by atomic mass is 9.77. The first kappa shape index (κ1) is 22.2. The van der Waals surface area contributed by atoms with Gasteiger partial charge in [0, 0.05) is 28.4 Å². The molecule has 4 rings (SSSR count). The Kier molecular flexibility index (Phi) is 6.42. The van der Waals surface area contributed by atoms with Gasteiger partial charge in [0.1, 0.15) is 23.9 Å². The molecule has 0 saturated heterocycles. The van der Waals surface area contributed by atoms with Crippen LogP contribution in [0.25, 0.3) is 0 Å². The number of allylic oxidation sites excluding steroid dienone is 3. The van der Waals surface area contributed by atoms with Crippen molar-refractivity contribution in [2.45, 2.75) is 52.6 Å². The van der Waals surface area contributed by atoms with Crippen molar-refractivity contribution in [2.24, 2.45) is 0 Å². The highest BCUT2D eigenvalue weighted by atomic mass is 35.5. The molecule has 1 aliphatic carbocycles. The number of halogens is 1. The number of carbonyl (C=O) groups excluding carboxylic acids is 2. The first-order valence-corrected chi connectivity index (χ1v) is 11.2. The highest BCUT2D eigenvalue weighted by Crippen LogP contribution is 2.43. The van der Waals surface area contributed by atoms with Crippen LogP contribution in [0.3, 0.4) is 0 Å². The van der Waals surface area contributed by atoms with Crippen molar-refractivity contribution in [3.8, 4) is 5.75 Å². The predicted molar refractivity (Wildman–Crippen MR) is 120 cm³/mol. The van der Waals surface area contributed by atoms with Crippen molar-refractivity contribution in [3.05, 3.63) is 75.0 Å². The number of rotatable bonds is 6. The minimum Gasteiger partial charge on any atom is -0.486 e. The fraction of sp³-hybridized carbons (Fsp3) is 0.360. The molecule has 1 aliphatic heterocycles. The first-order chi connectivity index (χ1) is 15.4. The van der Waals surface area contributed by atoms with E-state index in [2.05, 4.69) is 5.32 Å². The molecular formula is C25H26ClNO5. The average molecular weight is 456 g/mol. The Labute approximate surface area is 192 Å². The van der Waals surface area contributed by atoms with Crippen molar-refractivity contribution in [1.82, 2.24) is 5.32 Å². The van der Waals surface area contributed by atoms with Crippen LogP contribution in [0.4, 0.5) is 0 Å². The summed E-state index contributed by atoms with van der Waals surface area (Å²) in [6.07, 6.45) is 2.01. The van der Waals surface area contributed by atoms with E-state index in [0.29, 0.717) is 45.6 Å². The molecule has 2 aliphatic rings. The van der Waals surface area contributed by atoms with Crippen LogP contribution in [0.2, 0.25) is 5.02 Å². The third-order valence-corrected chi connectivity index (χ3v) is 6.17. The van der Waals surface area contributed by atoms with Crippen LogP contribution in [0.1, 0.15) is 56.1 Å². The van der Waals surface area contributed by atoms with Crippen LogP contribution in [-0.2, 0) is 20.9 Å². The molecule has 32 heavy (non-hydrogen) atoms. The fourth-order valence-electron chi connectivity index (χ4n) is 4.24. The summed E-state index contributed by atoms with van der Waals surface area (Å²) in [5.74, 6) is 0.800. The van der Waals surface area contributed by atoms with E-state index >= 15 is 0 Å². The Bertz CT molecular complexity index is 1130. The minimum atomic E-state index is -0.593. The molecule has 1 aromatic carbocycles. The summed E-state index contributed by atoms with van der Waals surface area (Å²) >= 11 is 6.08. The number of ketones is 1. The molecule has 0 fully saturated rings. The lowest BCUT2D eigenvalue weighted by Crippen LogP contribution is -2.34. The topological polar surface area (TPSA) is 77.8 Å². The molecular weight excluding hydrogens is 430 g/mol. The zero-order chi connectivity index (χ0) is 22.8. The van der Waals surface area contributed by atoms with Crippen LogP contribution in [0, 0.1) is 6.92 Å². The van der Waals surface area contributed by atoms with E-state index in [1.165, 1.54) is 0 Å². The smallest absolute Gasteiger partial charge is 0.336 e. The largest absolute Gasteiger partial charge is 0.486 e. The Morgan fingerprint density at radius 3 is 2.78 bits per heavy atom. The maximum atomic E-state index is 12.9. The summed E-state index contributed by atoms with van der Waals surface area (Å²) in [6.45, 7) is 5.97. The van der Waals surface area contributed by atoms with Gasteiger partial charge in [-0.3, -0.25) is 4.79 Å². The van der Waals surface area contributed by atoms with Crippen LogP contribution >= 0.6 is 11.6 Å². The number of carbonyl (C=O) groups is 2. The monoisotopic (exact) mass is 455 g/mol. The second-order valence-electron chi connectivity index (χ2n) is 7.99. The summed E-state index contributed by atoms with van der Waals surface area (Å²) < 4.78 is 17.2. The van der Waals surface area contributed by atoms with Crippen LogP contribution in [-0.4, -0.2) is 18.4 Å². The van der Waals surface area contributed by atoms with Gasteiger partial charge in [0.25, 0.3) is 0 Å². The SMILES string of the molecule is CCOC(=O)C1=C(C)NC2=C(C(=O)CCC2)[C@@H]1c1ccc(COc2ccc(Cl)c(C)c2)o1. The molecule has 7 heteroatoms. The molecule has 0 unspecified atom stereocenters. The highest BCUT2D eigenvalue weighted by Gasteiger charge is 2.40. The molecule has 0 amide bonds. The number of hydrogen-bond acceptors (Lipinski definition) is 6. The van der Waals surface area contributed by atoms with Gasteiger partial charge in [0.05, 0.1) is 18.1 Å². The molecule has 6 nitrogen and oxygen atoms in total. The third kappa shape index (κ3) is 4.32. The van der Waals surface area contributed by atoms with Gasteiger partial charge in [-0.25, -0.2) is 4.79 Å². The van der Waals surface area contributed by atoms with E-state index in [4.69, 9.17) is 25.5 Å². The molecule has 2 aromatic rings. The van der Waals surface area contributed by atoms with E-state index in [-0.39, 0.29) is 19.0 Å². The molecule has 0 radical (unpaired) electrons. The zero-order valence-corrected chi connectivity index (χ0v) is 19.2. The fourth-order valence-corrected chi connectivity index (χ4v) is 4.35. The molecule has 1 aromatic heterocycles. The predicted octanol–water partition coefficient (Wildman–Crippen LogP) is 5.35. The maximum Gasteiger partial charge on any atom is 0.336 e. The van der Waals surface area contributed by atoms with Gasteiger partial charge in [-0.05, 0) is 69.5 Å². The van der Waals surface area contributed by atoms with E-state index in [9.17, 15) is 9.59 Å². The Balaban J connectivity index is 1.64. The van der Waals surface area contributed by atoms with Crippen molar-refractivity contribution in [2.75, 3.05) is 6.61 Å². The molecule has 0 bridgehead atoms. The van der Waals surface area contributed by atoms with E-state index in [1.54, 1.807) is 25.1 Å². The number of esters is 1. The summed E-state index contributed by atoms with van der Waals surface area (Å²) in [7, 11) is 0. The summed E-state index contributed by atoms with van der Waals surface area (Å²) in [4.78, 5) is 25.7. The Morgan fingerprint density at radius 2 is 2.03 bits per heavy atom. The first-order valence-electron chi connectivity index (χ1n) is 10.8. The maximum absolute atomic E-state index is 12.9. The standard InChI is InChI=1S/C25H26ClNO5/c1-4-30-25(29)22-15(3)27-19-6-5-7-20(28)23(19)24(22)21-11-9-17(32-21)13-31-16-8-10-18(26)14(2)12-16/h8-12,24,27H,4-7,13H2,1-3H3/t24-/m1/s1. The van der Waals surface area contributed by atoms with Crippen molar-refractivity contribution >= 4 is 23.4 Å². The van der Waals surface area contributed by atoms with Gasteiger partial charge in [0.2, 0.25) is 0 Å². The number of ether oxygens (including phenoxy) is 2. The average Bonchev–Trinajstić information content (AvgIpc) is 3.22. The van der Waals surface area contributed by atoms with E-state index in [0.717, 1.165) is 24.1 Å². The number of benzene rings is 1. The summed E-state index contributed by atoms with van der Waals surface area (Å²) in [5, 5.41) is 3.94. The lowest BCUT2D eigenvalue weighted by Gasteiger charge is -2.32. The number of furan rings is 1. The minimum absolute atomic E-state index is 0.0314. The van der Waals surface area contributed by atoms with Gasteiger partial charge in [-0.1, -0.05) is 11.6 Å². The van der Waals surface area contributed by atoms with Crippen molar-refractivity contribution < 1.29 is 23.5 Å². The summed E-state index contributed by atoms with van der Waals surface area (Å²) in [5.41, 5.74) is 3.49. The van der Waals surface area contributed by atoms with Crippen molar-refractivity contribution in [1.29, 1.82) is 0 Å². The summed E-state index contributed by atoms with van der Waals surface area (Å²) in [6, 6.07) is 9.07. The zero-order valence-electron chi connectivity index (χ0n) is 18.4. The molecule has 2 heterocycles. The third-order valence-electron chi connectivity index (χ3n) is 5.75. The van der Waals surface area contributed by atoms with E-state index in [1.807, 2.05) is 26.0 Å². The van der Waals surface area contributed by atoms with Gasteiger partial charge in [0.15, 0.2) is 5.78 Å². The Morgan fingerprint density at radius 1 is 1.22 bits per heavy atom. The second-order valence-corrected chi connectivity index (χ2v) is 8.40. The van der Waals surface area contributed by atoms with Gasteiger partial charge in [-0.15, -0.1) is 0 Å². The molecule has 168 valence electrons. The number of aryl methyl sites for hydroxylation is 1. The highest BCUT2D eigenvalue weighted by molar-refractivity contribution is 6.31. The Hall–Kier alpha value is -2.99. The quantitative estimate of drug-likeness (QED) is 0.591. The number of Topliss-reactive ketones (excluding diaryl/α,β-unsaturated/α-hetero) is 1. The second kappa shape index (κ2) is 9.25. The van der Waals surface area contributed by atoms with Gasteiger partial charge < -0.3 is 19.2 Å². The van der Waals surface area contributed by atoms with Crippen molar-refractivity contribution in [3.63, 3.8) is 0 Å². The van der Waals surface area contributed by atoms with Crippen LogP contribution in [0.15, 0.2) is 57.3 Å². The van der Waals surface area contributed by atoms with Gasteiger partial charge >= 0.3 is 5.97 Å². The van der Waals surface area contributed by atoms with Gasteiger partial charge in [-0.2, -0.15) is 0 Å². The number of dihydropyridines is 1. The van der Waals surface area contributed by atoms with Crippen LogP contribution < -0.4 is 10.1 Å². The molecule has 1 N–H and O–H groups in total. The number of nitrogens with one attached hydrogen (secondary N) is 1.